The summed E-state index contributed by atoms with van der Waals surface area (Å²) in [6.07, 6.45) is -5.38. The van der Waals surface area contributed by atoms with E-state index in [4.69, 9.17) is 25.8 Å². The number of alkyl carbamates (subject to hydrolysis) is 1. The summed E-state index contributed by atoms with van der Waals surface area (Å²) in [4.78, 5) is 26.8. The minimum atomic E-state index is -5.06. The Bertz CT molecular complexity index is 1140. The van der Waals surface area contributed by atoms with Crippen LogP contribution < -0.4 is 10.1 Å². The molecule has 0 radical (unpaired) electrons. The molecule has 11 heteroatoms. The highest BCUT2D eigenvalue weighted by Gasteiger charge is 2.64. The molecule has 2 saturated heterocycles. The van der Waals surface area contributed by atoms with Gasteiger partial charge < -0.3 is 24.4 Å². The van der Waals surface area contributed by atoms with Crippen LogP contribution in [-0.4, -0.2) is 62.5 Å². The van der Waals surface area contributed by atoms with Gasteiger partial charge in [0.05, 0.1) is 7.11 Å². The number of halogens is 4. The largest absolute Gasteiger partial charge is 0.496 e. The van der Waals surface area contributed by atoms with Crippen molar-refractivity contribution in [2.75, 3.05) is 33.9 Å². The fraction of sp³-hybridized carbons (Fsp3) is 0.440. The molecular weight excluding hydrogens is 501 g/mol. The van der Waals surface area contributed by atoms with Gasteiger partial charge in [-0.05, 0) is 18.2 Å². The molecule has 1 N–H and O–H groups in total. The van der Waals surface area contributed by atoms with Crippen LogP contribution in [0.5, 0.6) is 5.75 Å². The topological polar surface area (TPSA) is 77.1 Å². The van der Waals surface area contributed by atoms with E-state index in [9.17, 15) is 22.8 Å². The number of carbonyl (C=O) groups excluding carboxylic acids is 2. The fourth-order valence-electron chi connectivity index (χ4n) is 5.21. The summed E-state index contributed by atoms with van der Waals surface area (Å²) in [7, 11) is 2.39. The van der Waals surface area contributed by atoms with Crippen LogP contribution in [0.1, 0.15) is 29.9 Å². The zero-order valence-electron chi connectivity index (χ0n) is 19.7. The van der Waals surface area contributed by atoms with Gasteiger partial charge in [0.2, 0.25) is 0 Å². The standard InChI is InChI=1S/C25H26ClF3N2O5/c1-34-20-9-4-3-8-18(20)19-15-30-22(33)36-23(19)10-12-31(13-11-23)21(32)24(35-2,25(27,28)29)16-6-5-7-17(26)14-16/h3-9,14,19H,10-13,15H2,1-2H3,(H,30,33). The van der Waals surface area contributed by atoms with E-state index in [1.807, 2.05) is 18.2 Å². The molecular formula is C25H26ClF3N2O5. The van der Waals surface area contributed by atoms with Crippen molar-refractivity contribution >= 4 is 23.6 Å². The smallest absolute Gasteiger partial charge is 0.430 e. The van der Waals surface area contributed by atoms with E-state index in [2.05, 4.69) is 5.32 Å². The highest BCUT2D eigenvalue weighted by molar-refractivity contribution is 6.30. The van der Waals surface area contributed by atoms with E-state index in [1.54, 1.807) is 6.07 Å². The van der Waals surface area contributed by atoms with E-state index in [-0.39, 0.29) is 43.4 Å². The number of rotatable bonds is 5. The molecule has 2 aliphatic heterocycles. The summed E-state index contributed by atoms with van der Waals surface area (Å²) in [5.74, 6) is -0.966. The van der Waals surface area contributed by atoms with Gasteiger partial charge in [-0.25, -0.2) is 4.79 Å². The molecule has 2 amide bonds. The lowest BCUT2D eigenvalue weighted by molar-refractivity contribution is -0.271. The van der Waals surface area contributed by atoms with Gasteiger partial charge in [-0.1, -0.05) is 41.9 Å². The van der Waals surface area contributed by atoms with Crippen LogP contribution in [0.2, 0.25) is 5.02 Å². The van der Waals surface area contributed by atoms with Crippen molar-refractivity contribution < 1.29 is 37.0 Å². The minimum Gasteiger partial charge on any atom is -0.496 e. The first kappa shape index (κ1) is 26.1. The Balaban J connectivity index is 1.65. The highest BCUT2D eigenvalue weighted by Crippen LogP contribution is 2.47. The van der Waals surface area contributed by atoms with Gasteiger partial charge in [0.15, 0.2) is 0 Å². The summed E-state index contributed by atoms with van der Waals surface area (Å²) in [5, 5.41) is 2.74. The monoisotopic (exact) mass is 526 g/mol. The molecule has 4 rings (SSSR count). The number of nitrogens with one attached hydrogen (secondary N) is 1. The van der Waals surface area contributed by atoms with E-state index < -0.39 is 34.9 Å². The Labute approximate surface area is 211 Å². The third kappa shape index (κ3) is 4.37. The number of para-hydroxylation sites is 1. The molecule has 36 heavy (non-hydrogen) atoms. The number of methoxy groups -OCH3 is 2. The summed E-state index contributed by atoms with van der Waals surface area (Å²) >= 11 is 5.95. The molecule has 194 valence electrons. The number of nitrogens with zero attached hydrogens (tertiary/aromatic N) is 1. The molecule has 7 nitrogen and oxygen atoms in total. The first-order valence-corrected chi connectivity index (χ1v) is 11.7. The molecule has 2 aromatic rings. The van der Waals surface area contributed by atoms with E-state index in [0.29, 0.717) is 5.75 Å². The van der Waals surface area contributed by atoms with Gasteiger partial charge in [-0.3, -0.25) is 4.79 Å². The van der Waals surface area contributed by atoms with Gasteiger partial charge in [-0.15, -0.1) is 0 Å². The van der Waals surface area contributed by atoms with E-state index in [0.717, 1.165) is 23.6 Å². The summed E-state index contributed by atoms with van der Waals surface area (Å²) in [6, 6.07) is 12.3. The second-order valence-electron chi connectivity index (χ2n) is 8.82. The lowest BCUT2D eigenvalue weighted by Gasteiger charge is -2.49. The van der Waals surface area contributed by atoms with Crippen molar-refractivity contribution in [2.45, 2.75) is 36.1 Å². The molecule has 2 atom stereocenters. The Morgan fingerprint density at radius 2 is 1.83 bits per heavy atom. The maximum absolute atomic E-state index is 14.5. The molecule has 2 fully saturated rings. The number of hydrogen-bond donors (Lipinski definition) is 1. The van der Waals surface area contributed by atoms with Gasteiger partial charge >= 0.3 is 12.3 Å². The van der Waals surface area contributed by atoms with Crippen molar-refractivity contribution in [3.8, 4) is 5.75 Å². The second-order valence-corrected chi connectivity index (χ2v) is 9.25. The number of piperidine rings is 1. The maximum Gasteiger partial charge on any atom is 0.430 e. The molecule has 0 aliphatic carbocycles. The Morgan fingerprint density at radius 3 is 2.44 bits per heavy atom. The maximum atomic E-state index is 14.5. The van der Waals surface area contributed by atoms with Crippen molar-refractivity contribution in [3.63, 3.8) is 0 Å². The molecule has 1 spiro atoms. The number of hydrogen-bond acceptors (Lipinski definition) is 5. The van der Waals surface area contributed by atoms with Crippen molar-refractivity contribution in [2.24, 2.45) is 0 Å². The number of carbonyl (C=O) groups is 2. The van der Waals surface area contributed by atoms with Crippen LogP contribution in [-0.2, 0) is 19.9 Å². The van der Waals surface area contributed by atoms with Crippen LogP contribution in [0.4, 0.5) is 18.0 Å². The average Bonchev–Trinajstić information content (AvgIpc) is 2.84. The van der Waals surface area contributed by atoms with Crippen LogP contribution in [0, 0.1) is 0 Å². The summed E-state index contributed by atoms with van der Waals surface area (Å²) in [6.45, 7) is 0.124. The van der Waals surface area contributed by atoms with Gasteiger partial charge in [0.25, 0.3) is 11.5 Å². The number of likely N-dealkylation sites (tertiary alicyclic amines) is 1. The molecule has 2 unspecified atom stereocenters. The van der Waals surface area contributed by atoms with Gasteiger partial charge in [0, 0.05) is 61.7 Å². The normalized spacial score (nSPS) is 21.3. The molecule has 0 bridgehead atoms. The lowest BCUT2D eigenvalue weighted by Crippen LogP contribution is -2.62. The van der Waals surface area contributed by atoms with Crippen molar-refractivity contribution in [3.05, 3.63) is 64.7 Å². The molecule has 2 aromatic carbocycles. The van der Waals surface area contributed by atoms with Crippen molar-refractivity contribution in [1.82, 2.24) is 10.2 Å². The van der Waals surface area contributed by atoms with Crippen LogP contribution >= 0.6 is 11.6 Å². The van der Waals surface area contributed by atoms with E-state index in [1.165, 1.54) is 25.3 Å². The van der Waals surface area contributed by atoms with Crippen LogP contribution in [0.25, 0.3) is 0 Å². The van der Waals surface area contributed by atoms with Crippen molar-refractivity contribution in [1.29, 1.82) is 0 Å². The molecule has 0 saturated carbocycles. The third-order valence-electron chi connectivity index (χ3n) is 7.03. The number of benzene rings is 2. The first-order valence-electron chi connectivity index (χ1n) is 11.3. The molecule has 0 aromatic heterocycles. The Kier molecular flexibility index (Phi) is 7.12. The first-order chi connectivity index (χ1) is 17.1. The second kappa shape index (κ2) is 9.82. The SMILES string of the molecule is COc1ccccc1C1CNC(=O)OC12CCN(C(=O)C(OC)(c1cccc(Cl)c1)C(F)(F)F)CC2. The quantitative estimate of drug-likeness (QED) is 0.614. The average molecular weight is 527 g/mol. The fourth-order valence-corrected chi connectivity index (χ4v) is 5.40. The highest BCUT2D eigenvalue weighted by atomic mass is 35.5. The predicted molar refractivity (Wildman–Crippen MR) is 125 cm³/mol. The Hall–Kier alpha value is -2.98. The number of amides is 2. The Morgan fingerprint density at radius 1 is 1.14 bits per heavy atom. The van der Waals surface area contributed by atoms with Gasteiger partial charge in [0.1, 0.15) is 11.4 Å². The zero-order valence-corrected chi connectivity index (χ0v) is 20.5. The van der Waals surface area contributed by atoms with Crippen LogP contribution in [0.3, 0.4) is 0 Å². The molecule has 2 heterocycles. The van der Waals surface area contributed by atoms with Gasteiger partial charge in [-0.2, -0.15) is 13.2 Å². The summed E-state index contributed by atoms with van der Waals surface area (Å²) < 4.78 is 59.6. The third-order valence-corrected chi connectivity index (χ3v) is 7.27. The number of ether oxygens (including phenoxy) is 3. The molecule has 2 aliphatic rings. The zero-order chi connectivity index (χ0) is 26.1. The minimum absolute atomic E-state index is 0.0461. The predicted octanol–water partition coefficient (Wildman–Crippen LogP) is 4.64. The summed E-state index contributed by atoms with van der Waals surface area (Å²) in [5.41, 5.74) is -3.84. The van der Waals surface area contributed by atoms with E-state index >= 15 is 0 Å². The van der Waals surface area contributed by atoms with Crippen LogP contribution in [0.15, 0.2) is 48.5 Å². The number of alkyl halides is 3. The lowest BCUT2D eigenvalue weighted by atomic mass is 9.74.